The van der Waals surface area contributed by atoms with E-state index >= 15 is 0 Å². The maximum Gasteiger partial charge on any atom is 0.135 e. The molecule has 0 aliphatic heterocycles. The van der Waals surface area contributed by atoms with E-state index in [2.05, 4.69) is 50.2 Å². The molecule has 3 rings (SSSR count). The summed E-state index contributed by atoms with van der Waals surface area (Å²) in [6.45, 7) is 4.43. The van der Waals surface area contributed by atoms with Crippen molar-refractivity contribution in [2.75, 3.05) is 0 Å². The molecular formula is C21H20O. The van der Waals surface area contributed by atoms with Gasteiger partial charge in [0, 0.05) is 5.56 Å². The van der Waals surface area contributed by atoms with Crippen molar-refractivity contribution in [3.63, 3.8) is 0 Å². The Morgan fingerprint density at radius 1 is 0.727 bits per heavy atom. The van der Waals surface area contributed by atoms with Crippen molar-refractivity contribution in [1.82, 2.24) is 0 Å². The van der Waals surface area contributed by atoms with Crippen molar-refractivity contribution < 1.29 is 4.74 Å². The van der Waals surface area contributed by atoms with Crippen molar-refractivity contribution in [3.8, 4) is 22.6 Å². The Morgan fingerprint density at radius 3 is 2.23 bits per heavy atom. The molecule has 110 valence electrons. The SMILES string of the molecule is CC(C)c1cccc(-c2ccccc2Oc2ccccc2)c1. The summed E-state index contributed by atoms with van der Waals surface area (Å²) in [5, 5.41) is 0. The Kier molecular flexibility index (Phi) is 4.24. The Morgan fingerprint density at radius 2 is 1.45 bits per heavy atom. The summed E-state index contributed by atoms with van der Waals surface area (Å²) in [7, 11) is 0. The van der Waals surface area contributed by atoms with Crippen molar-refractivity contribution in [2.45, 2.75) is 19.8 Å². The minimum absolute atomic E-state index is 0.516. The average molecular weight is 288 g/mol. The molecule has 0 saturated carbocycles. The predicted octanol–water partition coefficient (Wildman–Crippen LogP) is 6.27. The highest BCUT2D eigenvalue weighted by Gasteiger charge is 2.08. The molecule has 0 aromatic heterocycles. The van der Waals surface area contributed by atoms with E-state index in [0.29, 0.717) is 5.92 Å². The number of para-hydroxylation sites is 2. The van der Waals surface area contributed by atoms with Gasteiger partial charge in [0.25, 0.3) is 0 Å². The van der Waals surface area contributed by atoms with E-state index in [-0.39, 0.29) is 0 Å². The van der Waals surface area contributed by atoms with Crippen LogP contribution in [0.1, 0.15) is 25.3 Å². The lowest BCUT2D eigenvalue weighted by molar-refractivity contribution is 0.484. The summed E-state index contributed by atoms with van der Waals surface area (Å²) < 4.78 is 6.06. The maximum atomic E-state index is 6.06. The first-order valence-corrected chi connectivity index (χ1v) is 7.66. The van der Waals surface area contributed by atoms with Crippen LogP contribution in [-0.4, -0.2) is 0 Å². The largest absolute Gasteiger partial charge is 0.457 e. The molecule has 0 heterocycles. The molecule has 0 amide bonds. The van der Waals surface area contributed by atoms with Crippen LogP contribution in [0.2, 0.25) is 0 Å². The Bertz CT molecular complexity index is 745. The third-order valence-corrected chi connectivity index (χ3v) is 3.72. The fraction of sp³-hybridized carbons (Fsp3) is 0.143. The van der Waals surface area contributed by atoms with Crippen LogP contribution in [0.3, 0.4) is 0 Å². The van der Waals surface area contributed by atoms with Gasteiger partial charge in [0.15, 0.2) is 0 Å². The monoisotopic (exact) mass is 288 g/mol. The minimum atomic E-state index is 0.516. The first-order chi connectivity index (χ1) is 10.7. The van der Waals surface area contributed by atoms with Gasteiger partial charge >= 0.3 is 0 Å². The molecular weight excluding hydrogens is 268 g/mol. The first kappa shape index (κ1) is 14.4. The van der Waals surface area contributed by atoms with Gasteiger partial charge in [-0.3, -0.25) is 0 Å². The summed E-state index contributed by atoms with van der Waals surface area (Å²) in [6.07, 6.45) is 0. The molecule has 0 unspecified atom stereocenters. The predicted molar refractivity (Wildman–Crippen MR) is 92.5 cm³/mol. The van der Waals surface area contributed by atoms with E-state index in [1.165, 1.54) is 11.1 Å². The summed E-state index contributed by atoms with van der Waals surface area (Å²) in [6, 6.07) is 26.8. The molecule has 0 radical (unpaired) electrons. The normalized spacial score (nSPS) is 10.7. The Labute approximate surface area is 132 Å². The molecule has 0 saturated heterocycles. The molecule has 22 heavy (non-hydrogen) atoms. The van der Waals surface area contributed by atoms with Gasteiger partial charge in [-0.1, -0.05) is 74.5 Å². The van der Waals surface area contributed by atoms with Crippen molar-refractivity contribution >= 4 is 0 Å². The van der Waals surface area contributed by atoms with Crippen molar-refractivity contribution in [1.29, 1.82) is 0 Å². The molecule has 0 bridgehead atoms. The van der Waals surface area contributed by atoms with Gasteiger partial charge in [-0.05, 0) is 35.2 Å². The van der Waals surface area contributed by atoms with E-state index in [0.717, 1.165) is 17.1 Å². The first-order valence-electron chi connectivity index (χ1n) is 7.66. The topological polar surface area (TPSA) is 9.23 Å². The second-order valence-corrected chi connectivity index (χ2v) is 5.69. The second kappa shape index (κ2) is 6.48. The summed E-state index contributed by atoms with van der Waals surface area (Å²) in [4.78, 5) is 0. The van der Waals surface area contributed by atoms with Crippen LogP contribution in [0.4, 0.5) is 0 Å². The zero-order valence-corrected chi connectivity index (χ0v) is 13.0. The molecule has 0 N–H and O–H groups in total. The number of hydrogen-bond donors (Lipinski definition) is 0. The molecule has 1 nitrogen and oxygen atoms in total. The van der Waals surface area contributed by atoms with Crippen LogP contribution in [0, 0.1) is 0 Å². The Balaban J connectivity index is 1.99. The van der Waals surface area contributed by atoms with E-state index in [4.69, 9.17) is 4.74 Å². The lowest BCUT2D eigenvalue weighted by atomic mass is 9.97. The molecule has 1 heteroatoms. The van der Waals surface area contributed by atoms with Crippen LogP contribution < -0.4 is 4.74 Å². The van der Waals surface area contributed by atoms with Gasteiger partial charge in [0.1, 0.15) is 11.5 Å². The highest BCUT2D eigenvalue weighted by molar-refractivity contribution is 5.71. The van der Waals surface area contributed by atoms with E-state index in [1.54, 1.807) is 0 Å². The third kappa shape index (κ3) is 3.20. The second-order valence-electron chi connectivity index (χ2n) is 5.69. The standard InChI is InChI=1S/C21H20O/c1-16(2)17-9-8-10-18(15-17)20-13-6-7-14-21(20)22-19-11-4-3-5-12-19/h3-16H,1-2H3. The highest BCUT2D eigenvalue weighted by atomic mass is 16.5. The van der Waals surface area contributed by atoms with Crippen LogP contribution in [0.15, 0.2) is 78.9 Å². The van der Waals surface area contributed by atoms with E-state index < -0.39 is 0 Å². The van der Waals surface area contributed by atoms with Gasteiger partial charge in [-0.25, -0.2) is 0 Å². The molecule has 3 aromatic rings. The molecule has 0 aliphatic carbocycles. The van der Waals surface area contributed by atoms with Crippen LogP contribution in [0.25, 0.3) is 11.1 Å². The molecule has 0 aliphatic rings. The smallest absolute Gasteiger partial charge is 0.135 e. The van der Waals surface area contributed by atoms with Crippen LogP contribution in [-0.2, 0) is 0 Å². The highest BCUT2D eigenvalue weighted by Crippen LogP contribution is 2.34. The molecule has 0 atom stereocenters. The fourth-order valence-corrected chi connectivity index (χ4v) is 2.47. The number of rotatable bonds is 4. The lowest BCUT2D eigenvalue weighted by Crippen LogP contribution is -1.90. The fourth-order valence-electron chi connectivity index (χ4n) is 2.47. The number of benzene rings is 3. The van der Waals surface area contributed by atoms with E-state index in [9.17, 15) is 0 Å². The number of ether oxygens (including phenoxy) is 1. The van der Waals surface area contributed by atoms with Gasteiger partial charge in [-0.15, -0.1) is 0 Å². The van der Waals surface area contributed by atoms with Gasteiger partial charge < -0.3 is 4.74 Å². The van der Waals surface area contributed by atoms with Crippen molar-refractivity contribution in [2.24, 2.45) is 0 Å². The third-order valence-electron chi connectivity index (χ3n) is 3.72. The quantitative estimate of drug-likeness (QED) is 0.549. The summed E-state index contributed by atoms with van der Waals surface area (Å²) >= 11 is 0. The minimum Gasteiger partial charge on any atom is -0.457 e. The van der Waals surface area contributed by atoms with E-state index in [1.807, 2.05) is 42.5 Å². The zero-order valence-electron chi connectivity index (χ0n) is 13.0. The van der Waals surface area contributed by atoms with Crippen molar-refractivity contribution in [3.05, 3.63) is 84.4 Å². The maximum absolute atomic E-state index is 6.06. The van der Waals surface area contributed by atoms with Gasteiger partial charge in [-0.2, -0.15) is 0 Å². The molecule has 3 aromatic carbocycles. The van der Waals surface area contributed by atoms with Crippen LogP contribution >= 0.6 is 0 Å². The van der Waals surface area contributed by atoms with Crippen LogP contribution in [0.5, 0.6) is 11.5 Å². The van der Waals surface area contributed by atoms with Gasteiger partial charge in [0.2, 0.25) is 0 Å². The summed E-state index contributed by atoms with van der Waals surface area (Å²) in [5.41, 5.74) is 3.65. The number of hydrogen-bond acceptors (Lipinski definition) is 1. The summed E-state index contributed by atoms with van der Waals surface area (Å²) in [5.74, 6) is 2.26. The molecule has 0 fully saturated rings. The average Bonchev–Trinajstić information content (AvgIpc) is 2.56. The lowest BCUT2D eigenvalue weighted by Gasteiger charge is -2.13. The Hall–Kier alpha value is -2.54. The zero-order chi connectivity index (χ0) is 15.4. The molecule has 0 spiro atoms. The van der Waals surface area contributed by atoms with Gasteiger partial charge in [0.05, 0.1) is 0 Å².